The summed E-state index contributed by atoms with van der Waals surface area (Å²) in [6.07, 6.45) is -4.29. The van der Waals surface area contributed by atoms with Crippen molar-refractivity contribution in [3.05, 3.63) is 35.4 Å². The van der Waals surface area contributed by atoms with Gasteiger partial charge in [-0.1, -0.05) is 12.1 Å². The minimum Gasteiger partial charge on any atom is -0.358 e. The molecule has 136 valence electrons. The molecule has 0 saturated heterocycles. The second-order valence-corrected chi connectivity index (χ2v) is 4.97. The number of hydrogen-bond acceptors (Lipinski definition) is 3. The van der Waals surface area contributed by atoms with Crippen molar-refractivity contribution in [1.29, 1.82) is 0 Å². The lowest BCUT2D eigenvalue weighted by molar-refractivity contribution is -0.137. The molecule has 2 N–H and O–H groups in total. The fraction of sp³-hybridized carbons (Fsp3) is 0.467. The van der Waals surface area contributed by atoms with Gasteiger partial charge in [-0.05, 0) is 24.7 Å². The Morgan fingerprint density at radius 2 is 1.88 bits per heavy atom. The van der Waals surface area contributed by atoms with Crippen LogP contribution in [0.2, 0.25) is 0 Å². The first kappa shape index (κ1) is 22.2. The molecule has 0 bridgehead atoms. The van der Waals surface area contributed by atoms with Gasteiger partial charge in [-0.2, -0.15) is 13.2 Å². The number of amides is 2. The minimum atomic E-state index is -4.45. The Labute approximate surface area is 145 Å². The van der Waals surface area contributed by atoms with Gasteiger partial charge < -0.3 is 15.5 Å². The van der Waals surface area contributed by atoms with E-state index in [-0.39, 0.29) is 43.7 Å². The molecule has 0 heterocycles. The van der Waals surface area contributed by atoms with E-state index in [4.69, 9.17) is 0 Å². The third kappa shape index (κ3) is 7.18. The number of nitrogens with one attached hydrogen (secondary N) is 2. The lowest BCUT2D eigenvalue weighted by Gasteiger charge is -2.22. The maximum absolute atomic E-state index is 12.7. The first-order valence-corrected chi connectivity index (χ1v) is 7.07. The van der Waals surface area contributed by atoms with Crippen LogP contribution in [0.4, 0.5) is 13.2 Å². The predicted molar refractivity (Wildman–Crippen MR) is 86.7 cm³/mol. The molecular formula is C15H21ClF3N3O2. The van der Waals surface area contributed by atoms with Gasteiger partial charge >= 0.3 is 6.18 Å². The van der Waals surface area contributed by atoms with Crippen molar-refractivity contribution in [1.82, 2.24) is 15.5 Å². The number of hydrogen-bond donors (Lipinski definition) is 2. The van der Waals surface area contributed by atoms with Crippen LogP contribution >= 0.6 is 12.4 Å². The van der Waals surface area contributed by atoms with Gasteiger partial charge in [0.25, 0.3) is 0 Å². The van der Waals surface area contributed by atoms with Crippen LogP contribution in [0, 0.1) is 0 Å². The minimum absolute atomic E-state index is 0. The topological polar surface area (TPSA) is 61.4 Å². The van der Waals surface area contributed by atoms with Crippen molar-refractivity contribution in [2.24, 2.45) is 0 Å². The smallest absolute Gasteiger partial charge is 0.358 e. The van der Waals surface area contributed by atoms with Crippen molar-refractivity contribution in [2.75, 3.05) is 27.2 Å². The lowest BCUT2D eigenvalue weighted by atomic mass is 10.1. The van der Waals surface area contributed by atoms with Crippen LogP contribution in [-0.4, -0.2) is 43.9 Å². The normalized spacial score (nSPS) is 10.7. The van der Waals surface area contributed by atoms with Crippen molar-refractivity contribution in [3.63, 3.8) is 0 Å². The van der Waals surface area contributed by atoms with E-state index >= 15 is 0 Å². The van der Waals surface area contributed by atoms with Gasteiger partial charge in [-0.25, -0.2) is 0 Å². The number of rotatable bonds is 7. The fourth-order valence-electron chi connectivity index (χ4n) is 1.94. The van der Waals surface area contributed by atoms with Crippen molar-refractivity contribution in [3.8, 4) is 0 Å². The number of nitrogens with zero attached hydrogens (tertiary/aromatic N) is 1. The van der Waals surface area contributed by atoms with Gasteiger partial charge in [-0.3, -0.25) is 9.59 Å². The van der Waals surface area contributed by atoms with Crippen LogP contribution in [-0.2, 0) is 22.3 Å². The van der Waals surface area contributed by atoms with Gasteiger partial charge in [0.05, 0.1) is 12.1 Å². The maximum Gasteiger partial charge on any atom is 0.416 e. The van der Waals surface area contributed by atoms with Gasteiger partial charge in [-0.15, -0.1) is 12.4 Å². The van der Waals surface area contributed by atoms with Gasteiger partial charge in [0, 0.05) is 26.6 Å². The molecule has 1 rings (SSSR count). The van der Waals surface area contributed by atoms with Crippen LogP contribution < -0.4 is 10.6 Å². The molecule has 0 spiro atoms. The Kier molecular flexibility index (Phi) is 9.38. The summed E-state index contributed by atoms with van der Waals surface area (Å²) in [5.74, 6) is -0.685. The molecule has 0 fully saturated rings. The molecule has 9 heteroatoms. The molecule has 0 radical (unpaired) electrons. The van der Waals surface area contributed by atoms with Gasteiger partial charge in [0.15, 0.2) is 0 Å². The molecule has 0 aliphatic carbocycles. The second-order valence-electron chi connectivity index (χ2n) is 4.97. The highest BCUT2D eigenvalue weighted by atomic mass is 35.5. The first-order chi connectivity index (χ1) is 10.8. The molecule has 0 aliphatic rings. The highest BCUT2D eigenvalue weighted by Crippen LogP contribution is 2.29. The number of halogens is 4. The molecule has 0 unspecified atom stereocenters. The van der Waals surface area contributed by atoms with Crippen LogP contribution in [0.1, 0.15) is 17.5 Å². The van der Waals surface area contributed by atoms with Crippen LogP contribution in [0.5, 0.6) is 0 Å². The monoisotopic (exact) mass is 367 g/mol. The van der Waals surface area contributed by atoms with Crippen molar-refractivity contribution in [2.45, 2.75) is 19.1 Å². The molecular weight excluding hydrogens is 347 g/mol. The van der Waals surface area contributed by atoms with E-state index in [2.05, 4.69) is 10.6 Å². The summed E-state index contributed by atoms with van der Waals surface area (Å²) in [7, 11) is 3.12. The first-order valence-electron chi connectivity index (χ1n) is 7.07. The Morgan fingerprint density at radius 3 is 2.42 bits per heavy atom. The maximum atomic E-state index is 12.7. The van der Waals surface area contributed by atoms with Gasteiger partial charge in [0.1, 0.15) is 0 Å². The lowest BCUT2D eigenvalue weighted by Crippen LogP contribution is -2.40. The molecule has 24 heavy (non-hydrogen) atoms. The summed E-state index contributed by atoms with van der Waals surface area (Å²) in [5, 5.41) is 5.22. The molecule has 0 atom stereocenters. The van der Waals surface area contributed by atoms with E-state index in [1.165, 1.54) is 24.1 Å². The molecule has 0 aromatic heterocycles. The van der Waals surface area contributed by atoms with E-state index in [1.54, 1.807) is 7.05 Å². The summed E-state index contributed by atoms with van der Waals surface area (Å²) in [6, 6.07) is 4.74. The Bertz CT molecular complexity index is 553. The molecule has 5 nitrogen and oxygen atoms in total. The zero-order chi connectivity index (χ0) is 17.5. The fourth-order valence-corrected chi connectivity index (χ4v) is 1.94. The molecule has 2 amide bonds. The molecule has 1 aromatic carbocycles. The number of alkyl halides is 3. The Balaban J connectivity index is 0.00000529. The Hall–Kier alpha value is -1.80. The summed E-state index contributed by atoms with van der Waals surface area (Å²) in [6.45, 7) is 0.168. The SMILES string of the molecule is CNCCC(=O)N(CC(=O)NC)Cc1cccc(C(F)(F)F)c1.Cl. The van der Waals surface area contributed by atoms with Crippen molar-refractivity contribution >= 4 is 24.2 Å². The van der Waals surface area contributed by atoms with E-state index in [0.717, 1.165) is 12.1 Å². The van der Waals surface area contributed by atoms with Crippen LogP contribution in [0.15, 0.2) is 24.3 Å². The number of likely N-dealkylation sites (N-methyl/N-ethyl adjacent to an activating group) is 1. The zero-order valence-corrected chi connectivity index (χ0v) is 14.3. The van der Waals surface area contributed by atoms with Crippen LogP contribution in [0.3, 0.4) is 0 Å². The summed E-state index contributed by atoms with van der Waals surface area (Å²) in [5.41, 5.74) is -0.459. The summed E-state index contributed by atoms with van der Waals surface area (Å²) < 4.78 is 38.2. The van der Waals surface area contributed by atoms with Crippen molar-refractivity contribution < 1.29 is 22.8 Å². The molecule has 0 aliphatic heterocycles. The number of carbonyl (C=O) groups excluding carboxylic acids is 2. The molecule has 1 aromatic rings. The third-order valence-corrected chi connectivity index (χ3v) is 3.18. The summed E-state index contributed by atoms with van der Waals surface area (Å²) >= 11 is 0. The average molecular weight is 368 g/mol. The predicted octanol–water partition coefficient (Wildman–Crippen LogP) is 1.81. The number of benzene rings is 1. The second kappa shape index (κ2) is 10.1. The van der Waals surface area contributed by atoms with E-state index in [0.29, 0.717) is 12.1 Å². The van der Waals surface area contributed by atoms with Crippen LogP contribution in [0.25, 0.3) is 0 Å². The highest BCUT2D eigenvalue weighted by Gasteiger charge is 2.30. The standard InChI is InChI=1S/C15H20F3N3O2.ClH/c1-19-7-6-14(23)21(10-13(22)20-2)9-11-4-3-5-12(8-11)15(16,17)18;/h3-5,8,19H,6-7,9-10H2,1-2H3,(H,20,22);1H. The Morgan fingerprint density at radius 1 is 1.21 bits per heavy atom. The summed E-state index contributed by atoms with van der Waals surface area (Å²) in [4.78, 5) is 24.9. The van der Waals surface area contributed by atoms with E-state index < -0.39 is 11.7 Å². The number of carbonyl (C=O) groups is 2. The quantitative estimate of drug-likeness (QED) is 0.772. The zero-order valence-electron chi connectivity index (χ0n) is 13.4. The van der Waals surface area contributed by atoms with E-state index in [1.807, 2.05) is 0 Å². The van der Waals surface area contributed by atoms with Gasteiger partial charge in [0.2, 0.25) is 11.8 Å². The highest BCUT2D eigenvalue weighted by molar-refractivity contribution is 5.85. The third-order valence-electron chi connectivity index (χ3n) is 3.18. The largest absolute Gasteiger partial charge is 0.416 e. The average Bonchev–Trinajstić information content (AvgIpc) is 2.51. The molecule has 0 saturated carbocycles. The van der Waals surface area contributed by atoms with E-state index in [9.17, 15) is 22.8 Å².